The molecule has 1 aromatic heterocycles. The van der Waals surface area contributed by atoms with Crippen LogP contribution < -0.4 is 5.56 Å². The lowest BCUT2D eigenvalue weighted by Gasteiger charge is -2.17. The number of hydrogen-bond donors (Lipinski definition) is 0. The molecule has 4 nitrogen and oxygen atoms in total. The first kappa shape index (κ1) is 8.50. The summed E-state index contributed by atoms with van der Waals surface area (Å²) in [7, 11) is 0. The summed E-state index contributed by atoms with van der Waals surface area (Å²) >= 11 is 1.55. The highest BCUT2D eigenvalue weighted by Gasteiger charge is 2.15. The minimum atomic E-state index is -0.421. The van der Waals surface area contributed by atoms with Crippen LogP contribution in [0.3, 0.4) is 0 Å². The van der Waals surface area contributed by atoms with Crippen molar-refractivity contribution in [3.8, 4) is 0 Å². The van der Waals surface area contributed by atoms with Gasteiger partial charge >= 0.3 is 0 Å². The Kier molecular flexibility index (Phi) is 2.18. The molecular weight excluding hydrogens is 188 g/mol. The summed E-state index contributed by atoms with van der Waals surface area (Å²) < 4.78 is 1.86. The zero-order valence-electron chi connectivity index (χ0n) is 6.90. The molecule has 13 heavy (non-hydrogen) atoms. The van der Waals surface area contributed by atoms with Crippen molar-refractivity contribution >= 4 is 18.0 Å². The highest BCUT2D eigenvalue weighted by Crippen LogP contribution is 2.24. The lowest BCUT2D eigenvalue weighted by atomic mass is 10.3. The number of rotatable bonds is 1. The lowest BCUT2D eigenvalue weighted by molar-refractivity contribution is 0.111. The number of carbonyl (C=O) groups is 1. The van der Waals surface area contributed by atoms with Gasteiger partial charge in [-0.05, 0) is 6.42 Å². The van der Waals surface area contributed by atoms with E-state index in [2.05, 4.69) is 4.98 Å². The van der Waals surface area contributed by atoms with Gasteiger partial charge in [0.1, 0.15) is 5.56 Å². The summed E-state index contributed by atoms with van der Waals surface area (Å²) in [5.74, 6) is 0.963. The van der Waals surface area contributed by atoms with E-state index in [1.165, 1.54) is 6.33 Å². The van der Waals surface area contributed by atoms with E-state index >= 15 is 0 Å². The first-order valence-electron chi connectivity index (χ1n) is 4.00. The van der Waals surface area contributed by atoms with E-state index in [0.29, 0.717) is 6.29 Å². The van der Waals surface area contributed by atoms with Gasteiger partial charge in [-0.3, -0.25) is 9.59 Å². The van der Waals surface area contributed by atoms with Gasteiger partial charge in [-0.2, -0.15) is 4.98 Å². The topological polar surface area (TPSA) is 52.0 Å². The van der Waals surface area contributed by atoms with Crippen molar-refractivity contribution in [3.05, 3.63) is 22.2 Å². The molecule has 0 aromatic carbocycles. The van der Waals surface area contributed by atoms with Crippen molar-refractivity contribution in [1.82, 2.24) is 9.55 Å². The molecule has 0 bridgehead atoms. The fourth-order valence-electron chi connectivity index (χ4n) is 1.31. The zero-order chi connectivity index (χ0) is 9.26. The smallest absolute Gasteiger partial charge is 0.284 e. The van der Waals surface area contributed by atoms with Crippen molar-refractivity contribution < 1.29 is 4.79 Å². The highest BCUT2D eigenvalue weighted by atomic mass is 32.2. The van der Waals surface area contributed by atoms with E-state index < -0.39 is 5.56 Å². The molecule has 0 atom stereocenters. The Morgan fingerprint density at radius 3 is 3.23 bits per heavy atom. The van der Waals surface area contributed by atoms with Crippen molar-refractivity contribution in [2.24, 2.45) is 0 Å². The fourth-order valence-corrected chi connectivity index (χ4v) is 2.38. The Morgan fingerprint density at radius 2 is 2.46 bits per heavy atom. The second-order valence-electron chi connectivity index (χ2n) is 2.78. The first-order valence-corrected chi connectivity index (χ1v) is 4.99. The molecule has 1 aliphatic heterocycles. The first-order chi connectivity index (χ1) is 6.33. The van der Waals surface area contributed by atoms with E-state index in [4.69, 9.17) is 0 Å². The van der Waals surface area contributed by atoms with Crippen LogP contribution in [0.4, 0.5) is 0 Å². The third kappa shape index (κ3) is 1.39. The van der Waals surface area contributed by atoms with Gasteiger partial charge < -0.3 is 4.57 Å². The van der Waals surface area contributed by atoms with E-state index in [0.717, 1.165) is 23.7 Å². The molecule has 2 rings (SSSR count). The van der Waals surface area contributed by atoms with Gasteiger partial charge in [-0.25, -0.2) is 0 Å². The Balaban J connectivity index is 2.65. The van der Waals surface area contributed by atoms with Gasteiger partial charge in [0.05, 0.1) is 11.4 Å². The minimum Gasteiger partial charge on any atom is -0.326 e. The van der Waals surface area contributed by atoms with Crippen LogP contribution in [0.25, 0.3) is 0 Å². The predicted molar refractivity (Wildman–Crippen MR) is 49.2 cm³/mol. The maximum atomic E-state index is 11.2. The Morgan fingerprint density at radius 1 is 1.62 bits per heavy atom. The Labute approximate surface area is 79.0 Å². The molecule has 0 radical (unpaired) electrons. The van der Waals surface area contributed by atoms with E-state index in [1.807, 2.05) is 4.57 Å². The summed E-state index contributed by atoms with van der Waals surface area (Å²) in [5, 5.41) is 0.765. The number of fused-ring (bicyclic) bond motifs is 1. The van der Waals surface area contributed by atoms with Crippen LogP contribution in [0.5, 0.6) is 0 Å². The molecule has 0 fully saturated rings. The second-order valence-corrected chi connectivity index (χ2v) is 3.87. The van der Waals surface area contributed by atoms with Gasteiger partial charge in [0.25, 0.3) is 5.56 Å². The normalized spacial score (nSPS) is 15.1. The monoisotopic (exact) mass is 196 g/mol. The van der Waals surface area contributed by atoms with E-state index in [-0.39, 0.29) is 5.56 Å². The second kappa shape index (κ2) is 3.33. The number of aryl methyl sites for hydroxylation is 1. The molecule has 0 aliphatic carbocycles. The van der Waals surface area contributed by atoms with Gasteiger partial charge in [-0.1, -0.05) is 0 Å². The molecular formula is C8H8N2O2S. The maximum Gasteiger partial charge on any atom is 0.284 e. The van der Waals surface area contributed by atoms with Gasteiger partial charge in [-0.15, -0.1) is 11.8 Å². The summed E-state index contributed by atoms with van der Waals surface area (Å²) in [6.07, 6.45) is 3.16. The fraction of sp³-hybridized carbons (Fsp3) is 0.375. The number of thioether (sulfide) groups is 1. The third-order valence-corrected chi connectivity index (χ3v) is 3.16. The van der Waals surface area contributed by atoms with E-state index in [1.54, 1.807) is 11.8 Å². The average Bonchev–Trinajstić information content (AvgIpc) is 2.18. The number of aldehydes is 1. The largest absolute Gasteiger partial charge is 0.326 e. The quantitative estimate of drug-likeness (QED) is 0.486. The number of aromatic nitrogens is 2. The van der Waals surface area contributed by atoms with Crippen molar-refractivity contribution in [1.29, 1.82) is 0 Å². The number of hydrogen-bond acceptors (Lipinski definition) is 4. The highest BCUT2D eigenvalue weighted by molar-refractivity contribution is 7.99. The molecule has 0 spiro atoms. The molecule has 0 N–H and O–H groups in total. The van der Waals surface area contributed by atoms with Crippen LogP contribution in [-0.2, 0) is 6.54 Å². The molecule has 0 amide bonds. The SMILES string of the molecule is O=Cc1c2n(cnc1=O)CCCS2. The summed E-state index contributed by atoms with van der Waals surface area (Å²) in [5.41, 5.74) is -0.220. The molecule has 2 heterocycles. The standard InChI is InChI=1S/C8H8N2O2S/c11-4-6-7(12)9-5-10-2-1-3-13-8(6)10/h4-5H,1-3H2. The van der Waals surface area contributed by atoms with Crippen LogP contribution in [-0.4, -0.2) is 21.6 Å². The lowest BCUT2D eigenvalue weighted by Crippen LogP contribution is -2.21. The summed E-state index contributed by atoms with van der Waals surface area (Å²) in [6.45, 7) is 0.844. The van der Waals surface area contributed by atoms with Crippen LogP contribution in [0.2, 0.25) is 0 Å². The maximum absolute atomic E-state index is 11.2. The Hall–Kier alpha value is -1.10. The van der Waals surface area contributed by atoms with Crippen LogP contribution in [0, 0.1) is 0 Å². The third-order valence-electron chi connectivity index (χ3n) is 1.94. The number of carbonyl (C=O) groups excluding carboxylic acids is 1. The predicted octanol–water partition coefficient (Wildman–Crippen LogP) is 0.552. The molecule has 0 saturated carbocycles. The van der Waals surface area contributed by atoms with Gasteiger partial charge in [0.2, 0.25) is 0 Å². The molecule has 0 saturated heterocycles. The summed E-state index contributed by atoms with van der Waals surface area (Å²) in [6, 6.07) is 0. The number of nitrogens with zero attached hydrogens (tertiary/aromatic N) is 2. The molecule has 1 aromatic rings. The molecule has 1 aliphatic rings. The Bertz CT molecular complexity index is 400. The minimum absolute atomic E-state index is 0.201. The van der Waals surface area contributed by atoms with Crippen LogP contribution in [0.15, 0.2) is 16.1 Å². The van der Waals surface area contributed by atoms with Crippen molar-refractivity contribution in [2.75, 3.05) is 5.75 Å². The molecule has 5 heteroatoms. The summed E-state index contributed by atoms with van der Waals surface area (Å²) in [4.78, 5) is 25.4. The van der Waals surface area contributed by atoms with Crippen LogP contribution >= 0.6 is 11.8 Å². The van der Waals surface area contributed by atoms with E-state index in [9.17, 15) is 9.59 Å². The van der Waals surface area contributed by atoms with Crippen LogP contribution in [0.1, 0.15) is 16.8 Å². The van der Waals surface area contributed by atoms with Gasteiger partial charge in [0, 0.05) is 12.3 Å². The average molecular weight is 196 g/mol. The molecule has 0 unspecified atom stereocenters. The zero-order valence-corrected chi connectivity index (χ0v) is 7.71. The van der Waals surface area contributed by atoms with Crippen molar-refractivity contribution in [3.63, 3.8) is 0 Å². The molecule has 68 valence electrons. The van der Waals surface area contributed by atoms with Gasteiger partial charge in [0.15, 0.2) is 6.29 Å². The van der Waals surface area contributed by atoms with Crippen molar-refractivity contribution in [2.45, 2.75) is 18.0 Å².